The van der Waals surface area contributed by atoms with E-state index in [9.17, 15) is 4.79 Å². The molecule has 1 atom stereocenters. The number of benzene rings is 1. The second kappa shape index (κ2) is 9.20. The minimum atomic E-state index is 0.0354. The first kappa shape index (κ1) is 19.6. The predicted octanol–water partition coefficient (Wildman–Crippen LogP) is 4.34. The Morgan fingerprint density at radius 1 is 1.22 bits per heavy atom. The first-order chi connectivity index (χ1) is 13.0. The van der Waals surface area contributed by atoms with Crippen LogP contribution in [0.25, 0.3) is 6.08 Å². The number of carbonyl (C=O) groups excluding carboxylic acids is 1. The van der Waals surface area contributed by atoms with Gasteiger partial charge in [0.15, 0.2) is 0 Å². The fraction of sp³-hybridized carbons (Fsp3) is 0.409. The molecule has 1 aromatic heterocycles. The van der Waals surface area contributed by atoms with E-state index in [2.05, 4.69) is 42.2 Å². The Morgan fingerprint density at radius 3 is 2.59 bits per heavy atom. The Kier molecular flexibility index (Phi) is 6.69. The lowest BCUT2D eigenvalue weighted by Gasteiger charge is -2.25. The summed E-state index contributed by atoms with van der Waals surface area (Å²) >= 11 is 1.70. The van der Waals surface area contributed by atoms with Crippen LogP contribution in [0.3, 0.4) is 0 Å². The van der Waals surface area contributed by atoms with E-state index < -0.39 is 0 Å². The number of hydrogen-bond acceptors (Lipinski definition) is 4. The van der Waals surface area contributed by atoms with Crippen molar-refractivity contribution in [1.82, 2.24) is 4.90 Å². The number of amides is 1. The molecule has 4 nitrogen and oxygen atoms in total. The summed E-state index contributed by atoms with van der Waals surface area (Å²) in [5, 5.41) is 0. The van der Waals surface area contributed by atoms with Gasteiger partial charge in [-0.1, -0.05) is 12.1 Å². The SMILES string of the molecule is Cc1ccc(/C=C/C(=O)N(Cc2ccc(N(C)C)cc2)C[C@@H]2CCCO2)s1. The van der Waals surface area contributed by atoms with Crippen molar-refractivity contribution in [2.75, 3.05) is 32.1 Å². The summed E-state index contributed by atoms with van der Waals surface area (Å²) in [6, 6.07) is 12.5. The summed E-state index contributed by atoms with van der Waals surface area (Å²) in [4.78, 5) is 19.2. The van der Waals surface area contributed by atoms with Gasteiger partial charge in [-0.3, -0.25) is 4.79 Å². The highest BCUT2D eigenvalue weighted by molar-refractivity contribution is 7.12. The molecule has 2 heterocycles. The molecule has 3 rings (SSSR count). The van der Waals surface area contributed by atoms with Gasteiger partial charge in [0.25, 0.3) is 0 Å². The number of hydrogen-bond donors (Lipinski definition) is 0. The van der Waals surface area contributed by atoms with Gasteiger partial charge in [0.05, 0.1) is 6.10 Å². The number of anilines is 1. The first-order valence-corrected chi connectivity index (χ1v) is 10.2. The molecule has 5 heteroatoms. The highest BCUT2D eigenvalue weighted by Gasteiger charge is 2.21. The van der Waals surface area contributed by atoms with E-state index in [4.69, 9.17) is 4.74 Å². The monoisotopic (exact) mass is 384 g/mol. The smallest absolute Gasteiger partial charge is 0.246 e. The van der Waals surface area contributed by atoms with Crippen molar-refractivity contribution in [3.63, 3.8) is 0 Å². The van der Waals surface area contributed by atoms with Gasteiger partial charge in [-0.15, -0.1) is 11.3 Å². The average molecular weight is 385 g/mol. The minimum absolute atomic E-state index is 0.0354. The molecule has 1 amide bonds. The van der Waals surface area contributed by atoms with E-state index in [1.165, 1.54) is 4.88 Å². The van der Waals surface area contributed by atoms with Crippen molar-refractivity contribution in [1.29, 1.82) is 0 Å². The molecule has 0 bridgehead atoms. The van der Waals surface area contributed by atoms with Crippen molar-refractivity contribution >= 4 is 29.0 Å². The molecule has 0 saturated carbocycles. The molecule has 0 spiro atoms. The van der Waals surface area contributed by atoms with E-state index in [0.29, 0.717) is 13.1 Å². The van der Waals surface area contributed by atoms with Gasteiger partial charge in [0, 0.05) is 55.3 Å². The Balaban J connectivity index is 1.71. The maximum atomic E-state index is 12.9. The summed E-state index contributed by atoms with van der Waals surface area (Å²) in [6.45, 7) is 4.11. The Bertz CT molecular complexity index is 774. The summed E-state index contributed by atoms with van der Waals surface area (Å²) in [7, 11) is 4.05. The van der Waals surface area contributed by atoms with Crippen LogP contribution in [-0.2, 0) is 16.1 Å². The van der Waals surface area contributed by atoms with Crippen molar-refractivity contribution in [2.24, 2.45) is 0 Å². The highest BCUT2D eigenvalue weighted by Crippen LogP contribution is 2.19. The van der Waals surface area contributed by atoms with Crippen LogP contribution in [0.2, 0.25) is 0 Å². The number of carbonyl (C=O) groups is 1. The molecule has 0 unspecified atom stereocenters. The Labute approximate surface area is 166 Å². The van der Waals surface area contributed by atoms with E-state index in [1.54, 1.807) is 17.4 Å². The lowest BCUT2D eigenvalue weighted by atomic mass is 10.1. The van der Waals surface area contributed by atoms with Crippen LogP contribution in [0.5, 0.6) is 0 Å². The summed E-state index contributed by atoms with van der Waals surface area (Å²) < 4.78 is 5.77. The number of thiophene rings is 1. The Morgan fingerprint density at radius 2 is 2.00 bits per heavy atom. The summed E-state index contributed by atoms with van der Waals surface area (Å²) in [5.41, 5.74) is 2.29. The van der Waals surface area contributed by atoms with Crippen LogP contribution in [0.15, 0.2) is 42.5 Å². The van der Waals surface area contributed by atoms with Crippen molar-refractivity contribution < 1.29 is 9.53 Å². The second-order valence-electron chi connectivity index (χ2n) is 7.20. The zero-order chi connectivity index (χ0) is 19.2. The molecular weight excluding hydrogens is 356 g/mol. The number of aryl methyl sites for hydroxylation is 1. The van der Waals surface area contributed by atoms with Crippen LogP contribution in [0, 0.1) is 6.92 Å². The molecule has 2 aromatic rings. The molecule has 1 saturated heterocycles. The predicted molar refractivity (Wildman–Crippen MR) is 113 cm³/mol. The van der Waals surface area contributed by atoms with Gasteiger partial charge in [0.1, 0.15) is 0 Å². The zero-order valence-corrected chi connectivity index (χ0v) is 17.2. The number of ether oxygens (including phenoxy) is 1. The zero-order valence-electron chi connectivity index (χ0n) is 16.4. The molecule has 144 valence electrons. The third-order valence-electron chi connectivity index (χ3n) is 4.74. The largest absolute Gasteiger partial charge is 0.378 e. The van der Waals surface area contributed by atoms with Crippen molar-refractivity contribution in [3.8, 4) is 0 Å². The van der Waals surface area contributed by atoms with Gasteiger partial charge in [-0.25, -0.2) is 0 Å². The van der Waals surface area contributed by atoms with Crippen LogP contribution in [0.4, 0.5) is 5.69 Å². The normalized spacial score (nSPS) is 16.8. The summed E-state index contributed by atoms with van der Waals surface area (Å²) in [6.07, 6.45) is 5.85. The molecule has 0 N–H and O–H groups in total. The number of rotatable bonds is 7. The average Bonchev–Trinajstić information content (AvgIpc) is 3.31. The van der Waals surface area contributed by atoms with E-state index in [-0.39, 0.29) is 12.0 Å². The van der Waals surface area contributed by atoms with Crippen LogP contribution in [-0.4, -0.2) is 44.2 Å². The fourth-order valence-electron chi connectivity index (χ4n) is 3.19. The van der Waals surface area contributed by atoms with Gasteiger partial charge >= 0.3 is 0 Å². The van der Waals surface area contributed by atoms with Gasteiger partial charge < -0.3 is 14.5 Å². The quantitative estimate of drug-likeness (QED) is 0.666. The molecule has 27 heavy (non-hydrogen) atoms. The van der Waals surface area contributed by atoms with E-state index in [0.717, 1.165) is 35.6 Å². The van der Waals surface area contributed by atoms with Gasteiger partial charge in [-0.05, 0) is 55.7 Å². The maximum absolute atomic E-state index is 12.9. The molecule has 0 radical (unpaired) electrons. The van der Waals surface area contributed by atoms with Crippen LogP contribution in [0.1, 0.15) is 28.2 Å². The number of nitrogens with zero attached hydrogens (tertiary/aromatic N) is 2. The fourth-order valence-corrected chi connectivity index (χ4v) is 3.97. The summed E-state index contributed by atoms with van der Waals surface area (Å²) in [5.74, 6) is 0.0354. The highest BCUT2D eigenvalue weighted by atomic mass is 32.1. The van der Waals surface area contributed by atoms with Crippen molar-refractivity contribution in [2.45, 2.75) is 32.4 Å². The van der Waals surface area contributed by atoms with E-state index in [1.807, 2.05) is 31.1 Å². The van der Waals surface area contributed by atoms with Crippen molar-refractivity contribution in [3.05, 3.63) is 57.8 Å². The Hall–Kier alpha value is -2.11. The van der Waals surface area contributed by atoms with Gasteiger partial charge in [-0.2, -0.15) is 0 Å². The lowest BCUT2D eigenvalue weighted by Crippen LogP contribution is -2.35. The third-order valence-corrected chi connectivity index (χ3v) is 5.70. The topological polar surface area (TPSA) is 32.8 Å². The molecule has 1 aliphatic heterocycles. The van der Waals surface area contributed by atoms with E-state index >= 15 is 0 Å². The second-order valence-corrected chi connectivity index (χ2v) is 8.52. The first-order valence-electron chi connectivity index (χ1n) is 9.42. The molecule has 1 aromatic carbocycles. The molecular formula is C22H28N2O2S. The molecule has 0 aliphatic carbocycles. The minimum Gasteiger partial charge on any atom is -0.378 e. The van der Waals surface area contributed by atoms with Crippen LogP contribution < -0.4 is 4.90 Å². The third kappa shape index (κ3) is 5.68. The standard InChI is InChI=1S/C22H28N2O2S/c1-17-6-11-21(27-17)12-13-22(25)24(16-20-5-4-14-26-20)15-18-7-9-19(10-8-18)23(2)3/h6-13,20H,4-5,14-16H2,1-3H3/b13-12+/t20-/m0/s1. The van der Waals surface area contributed by atoms with Crippen LogP contribution >= 0.6 is 11.3 Å². The molecule has 1 aliphatic rings. The lowest BCUT2D eigenvalue weighted by molar-refractivity contribution is -0.128. The maximum Gasteiger partial charge on any atom is 0.246 e. The van der Waals surface area contributed by atoms with Gasteiger partial charge in [0.2, 0.25) is 5.91 Å². The molecule has 1 fully saturated rings.